The van der Waals surface area contributed by atoms with Gasteiger partial charge in [-0.25, -0.2) is 9.97 Å². The highest BCUT2D eigenvalue weighted by Crippen LogP contribution is 2.24. The molecule has 0 spiro atoms. The van der Waals surface area contributed by atoms with E-state index in [1.54, 1.807) is 4.90 Å². The molecule has 0 radical (unpaired) electrons. The second-order valence-corrected chi connectivity index (χ2v) is 7.03. The van der Waals surface area contributed by atoms with Gasteiger partial charge in [0.05, 0.1) is 11.2 Å². The van der Waals surface area contributed by atoms with Crippen molar-refractivity contribution in [2.45, 2.75) is 33.2 Å². The maximum atomic E-state index is 12.7. The second kappa shape index (κ2) is 7.65. The third-order valence-corrected chi connectivity index (χ3v) is 4.76. The second-order valence-electron chi connectivity index (χ2n) is 7.03. The van der Waals surface area contributed by atoms with Gasteiger partial charge in [-0.05, 0) is 19.9 Å². The largest absolute Gasteiger partial charge is 0.343 e. The predicted molar refractivity (Wildman–Crippen MR) is 106 cm³/mol. The molecule has 1 aromatic heterocycles. The summed E-state index contributed by atoms with van der Waals surface area (Å²) >= 11 is 0. The summed E-state index contributed by atoms with van der Waals surface area (Å²) in [6.07, 6.45) is 0.596. The molecule has 3 rings (SSSR count). The van der Waals surface area contributed by atoms with Crippen LogP contribution in [0.4, 0.5) is 0 Å². The molecule has 4 heteroatoms. The van der Waals surface area contributed by atoms with Crippen LogP contribution < -0.4 is 0 Å². The van der Waals surface area contributed by atoms with Crippen molar-refractivity contribution in [3.8, 4) is 11.4 Å². The van der Waals surface area contributed by atoms with Gasteiger partial charge in [0.25, 0.3) is 0 Å². The maximum absolute atomic E-state index is 12.7. The Morgan fingerprint density at radius 2 is 1.62 bits per heavy atom. The number of aromatic nitrogens is 2. The van der Waals surface area contributed by atoms with E-state index in [1.807, 2.05) is 82.4 Å². The molecule has 3 aromatic rings. The average molecular weight is 347 g/mol. The molecule has 0 aliphatic rings. The molecule has 1 heterocycles. The molecule has 0 fully saturated rings. The summed E-state index contributed by atoms with van der Waals surface area (Å²) in [6, 6.07) is 18.2. The van der Waals surface area contributed by atoms with Gasteiger partial charge in [-0.3, -0.25) is 4.79 Å². The standard InChI is InChI=1S/C22H25N3O/c1-15(2)25(4)22(26)16(3)14-20-18-12-8-9-13-19(18)23-21(24-20)17-10-6-5-7-11-17/h5-13,15-16H,14H2,1-4H3. The van der Waals surface area contributed by atoms with Gasteiger partial charge in [-0.1, -0.05) is 55.5 Å². The van der Waals surface area contributed by atoms with E-state index >= 15 is 0 Å². The Morgan fingerprint density at radius 1 is 0.962 bits per heavy atom. The summed E-state index contributed by atoms with van der Waals surface area (Å²) < 4.78 is 0. The summed E-state index contributed by atoms with van der Waals surface area (Å²) in [5, 5.41) is 1.01. The molecule has 0 saturated heterocycles. The predicted octanol–water partition coefficient (Wildman–Crippen LogP) is 4.34. The summed E-state index contributed by atoms with van der Waals surface area (Å²) in [4.78, 5) is 24.0. The first-order chi connectivity index (χ1) is 12.5. The molecular formula is C22H25N3O. The molecule has 0 saturated carbocycles. The van der Waals surface area contributed by atoms with E-state index in [0.717, 1.165) is 22.2 Å². The van der Waals surface area contributed by atoms with Crippen LogP contribution in [0, 0.1) is 5.92 Å². The van der Waals surface area contributed by atoms with Gasteiger partial charge in [0, 0.05) is 36.4 Å². The number of hydrogen-bond acceptors (Lipinski definition) is 3. The molecule has 0 aliphatic heterocycles. The Bertz CT molecular complexity index is 906. The van der Waals surface area contributed by atoms with E-state index in [4.69, 9.17) is 9.97 Å². The highest BCUT2D eigenvalue weighted by Gasteiger charge is 2.21. The molecule has 4 nitrogen and oxygen atoms in total. The lowest BCUT2D eigenvalue weighted by atomic mass is 10.00. The van der Waals surface area contributed by atoms with Crippen LogP contribution >= 0.6 is 0 Å². The Kier molecular flexibility index (Phi) is 5.31. The van der Waals surface area contributed by atoms with Gasteiger partial charge in [-0.2, -0.15) is 0 Å². The van der Waals surface area contributed by atoms with E-state index in [1.165, 1.54) is 0 Å². The van der Waals surface area contributed by atoms with Crippen LogP contribution in [0.3, 0.4) is 0 Å². The van der Waals surface area contributed by atoms with E-state index in [0.29, 0.717) is 12.2 Å². The number of nitrogens with zero attached hydrogens (tertiary/aromatic N) is 3. The minimum Gasteiger partial charge on any atom is -0.343 e. The molecule has 0 aliphatic carbocycles. The lowest BCUT2D eigenvalue weighted by Crippen LogP contribution is -2.37. The van der Waals surface area contributed by atoms with Crippen molar-refractivity contribution < 1.29 is 4.79 Å². The van der Waals surface area contributed by atoms with Crippen molar-refractivity contribution in [3.05, 3.63) is 60.3 Å². The van der Waals surface area contributed by atoms with Crippen molar-refractivity contribution in [2.75, 3.05) is 7.05 Å². The van der Waals surface area contributed by atoms with Crippen LogP contribution in [0.1, 0.15) is 26.5 Å². The van der Waals surface area contributed by atoms with Gasteiger partial charge < -0.3 is 4.90 Å². The first kappa shape index (κ1) is 18.1. The average Bonchev–Trinajstić information content (AvgIpc) is 2.67. The third-order valence-electron chi connectivity index (χ3n) is 4.76. The number of carbonyl (C=O) groups excluding carboxylic acids is 1. The number of fused-ring (bicyclic) bond motifs is 1. The van der Waals surface area contributed by atoms with Crippen molar-refractivity contribution in [3.63, 3.8) is 0 Å². The fourth-order valence-corrected chi connectivity index (χ4v) is 2.99. The van der Waals surface area contributed by atoms with Crippen LogP contribution in [0.5, 0.6) is 0 Å². The van der Waals surface area contributed by atoms with Crippen LogP contribution in [-0.2, 0) is 11.2 Å². The van der Waals surface area contributed by atoms with Crippen molar-refractivity contribution >= 4 is 16.8 Å². The minimum absolute atomic E-state index is 0.135. The van der Waals surface area contributed by atoms with Gasteiger partial charge in [0.15, 0.2) is 5.82 Å². The van der Waals surface area contributed by atoms with Crippen molar-refractivity contribution in [2.24, 2.45) is 5.92 Å². The number of amides is 1. The highest BCUT2D eigenvalue weighted by atomic mass is 16.2. The Labute approximate surface area is 154 Å². The normalized spacial score (nSPS) is 12.3. The molecule has 0 N–H and O–H groups in total. The fraction of sp³-hybridized carbons (Fsp3) is 0.318. The zero-order valence-corrected chi connectivity index (χ0v) is 15.8. The number of hydrogen-bond donors (Lipinski definition) is 0. The van der Waals surface area contributed by atoms with Gasteiger partial charge >= 0.3 is 0 Å². The van der Waals surface area contributed by atoms with Gasteiger partial charge in [-0.15, -0.1) is 0 Å². The monoisotopic (exact) mass is 347 g/mol. The highest BCUT2D eigenvalue weighted by molar-refractivity contribution is 5.84. The zero-order valence-electron chi connectivity index (χ0n) is 15.8. The summed E-state index contributed by atoms with van der Waals surface area (Å²) in [5.74, 6) is 0.712. The minimum atomic E-state index is -0.135. The van der Waals surface area contributed by atoms with Crippen LogP contribution in [0.15, 0.2) is 54.6 Å². The molecule has 0 bridgehead atoms. The maximum Gasteiger partial charge on any atom is 0.225 e. The van der Waals surface area contributed by atoms with Crippen molar-refractivity contribution in [1.29, 1.82) is 0 Å². The Morgan fingerprint density at radius 3 is 2.31 bits per heavy atom. The van der Waals surface area contributed by atoms with E-state index in [2.05, 4.69) is 0 Å². The Balaban J connectivity index is 2.00. The summed E-state index contributed by atoms with van der Waals surface area (Å²) in [6.45, 7) is 6.02. The van der Waals surface area contributed by atoms with Crippen LogP contribution in [0.2, 0.25) is 0 Å². The van der Waals surface area contributed by atoms with Crippen LogP contribution in [-0.4, -0.2) is 33.9 Å². The molecule has 1 amide bonds. The number of para-hydroxylation sites is 1. The summed E-state index contributed by atoms with van der Waals surface area (Å²) in [5.41, 5.74) is 2.82. The van der Waals surface area contributed by atoms with Gasteiger partial charge in [0.1, 0.15) is 0 Å². The smallest absolute Gasteiger partial charge is 0.225 e. The van der Waals surface area contributed by atoms with Crippen molar-refractivity contribution in [1.82, 2.24) is 14.9 Å². The fourth-order valence-electron chi connectivity index (χ4n) is 2.99. The first-order valence-electron chi connectivity index (χ1n) is 9.05. The third kappa shape index (κ3) is 3.74. The zero-order chi connectivity index (χ0) is 18.7. The number of benzene rings is 2. The lowest BCUT2D eigenvalue weighted by molar-refractivity contribution is -0.135. The molecule has 134 valence electrons. The number of carbonyl (C=O) groups is 1. The summed E-state index contributed by atoms with van der Waals surface area (Å²) in [7, 11) is 1.86. The van der Waals surface area contributed by atoms with Crippen LogP contribution in [0.25, 0.3) is 22.3 Å². The molecule has 1 atom stereocenters. The molecule has 1 unspecified atom stereocenters. The lowest BCUT2D eigenvalue weighted by Gasteiger charge is -2.25. The van der Waals surface area contributed by atoms with Gasteiger partial charge in [0.2, 0.25) is 5.91 Å². The molecular weight excluding hydrogens is 322 g/mol. The molecule has 2 aromatic carbocycles. The topological polar surface area (TPSA) is 46.1 Å². The molecule has 26 heavy (non-hydrogen) atoms. The quantitative estimate of drug-likeness (QED) is 0.689. The number of rotatable bonds is 5. The van der Waals surface area contributed by atoms with E-state index < -0.39 is 0 Å². The van der Waals surface area contributed by atoms with E-state index in [9.17, 15) is 4.79 Å². The first-order valence-corrected chi connectivity index (χ1v) is 9.05. The Hall–Kier alpha value is -2.75. The SMILES string of the molecule is CC(Cc1nc(-c2ccccc2)nc2ccccc12)C(=O)N(C)C(C)C. The van der Waals surface area contributed by atoms with E-state index in [-0.39, 0.29) is 17.9 Å².